The summed E-state index contributed by atoms with van der Waals surface area (Å²) in [6.07, 6.45) is 3.13. The van der Waals surface area contributed by atoms with E-state index in [4.69, 9.17) is 0 Å². The van der Waals surface area contributed by atoms with E-state index in [1.165, 1.54) is 22.3 Å². The highest BCUT2D eigenvalue weighted by atomic mass is 16.2. The summed E-state index contributed by atoms with van der Waals surface area (Å²) in [5.41, 5.74) is 7.30. The highest BCUT2D eigenvalue weighted by molar-refractivity contribution is 5.96. The summed E-state index contributed by atoms with van der Waals surface area (Å²) in [5.74, 6) is 0.200. The maximum Gasteiger partial charge on any atom is 0.254 e. The number of rotatable bonds is 6. The number of benzene rings is 3. The van der Waals surface area contributed by atoms with Crippen molar-refractivity contribution in [1.29, 1.82) is 0 Å². The Morgan fingerprint density at radius 1 is 0.842 bits per heavy atom. The lowest BCUT2D eigenvalue weighted by Crippen LogP contribution is -2.57. The van der Waals surface area contributed by atoms with Crippen LogP contribution in [0.1, 0.15) is 70.9 Å². The van der Waals surface area contributed by atoms with Crippen molar-refractivity contribution in [3.63, 3.8) is 0 Å². The minimum Gasteiger partial charge on any atom is -0.339 e. The second-order valence-electron chi connectivity index (χ2n) is 11.4. The van der Waals surface area contributed by atoms with Crippen LogP contribution in [0, 0.1) is 13.8 Å². The maximum atomic E-state index is 13.2. The molecule has 2 fully saturated rings. The van der Waals surface area contributed by atoms with Gasteiger partial charge in [-0.2, -0.15) is 0 Å². The third-order valence-corrected chi connectivity index (χ3v) is 9.02. The Bertz CT molecular complexity index is 1210. The van der Waals surface area contributed by atoms with E-state index in [2.05, 4.69) is 103 Å². The number of piperidine rings is 1. The normalized spacial score (nSPS) is 20.4. The first-order valence-corrected chi connectivity index (χ1v) is 14.4. The van der Waals surface area contributed by atoms with Crippen LogP contribution >= 0.6 is 0 Å². The Morgan fingerprint density at radius 3 is 2.21 bits per heavy atom. The van der Waals surface area contributed by atoms with Crippen molar-refractivity contribution in [2.24, 2.45) is 0 Å². The molecule has 0 saturated carbocycles. The summed E-state index contributed by atoms with van der Waals surface area (Å²) in [7, 11) is 0. The van der Waals surface area contributed by atoms with Crippen LogP contribution in [-0.2, 0) is 6.42 Å². The molecule has 0 aromatic heterocycles. The van der Waals surface area contributed by atoms with Crippen LogP contribution in [-0.4, -0.2) is 65.4 Å². The van der Waals surface area contributed by atoms with E-state index in [9.17, 15) is 4.79 Å². The van der Waals surface area contributed by atoms with Crippen molar-refractivity contribution >= 4 is 5.91 Å². The van der Waals surface area contributed by atoms with Gasteiger partial charge >= 0.3 is 0 Å². The molecule has 2 saturated heterocycles. The Hall–Kier alpha value is -2.95. The third-order valence-electron chi connectivity index (χ3n) is 9.02. The van der Waals surface area contributed by atoms with Gasteiger partial charge in [-0.3, -0.25) is 14.6 Å². The lowest BCUT2D eigenvalue weighted by molar-refractivity contribution is 0.0135. The van der Waals surface area contributed by atoms with Crippen molar-refractivity contribution in [2.45, 2.75) is 65.1 Å². The molecule has 3 aromatic rings. The molecule has 2 heterocycles. The Labute approximate surface area is 229 Å². The zero-order valence-corrected chi connectivity index (χ0v) is 23.6. The molecular formula is C34H43N3O. The summed E-state index contributed by atoms with van der Waals surface area (Å²) < 4.78 is 0. The molecule has 0 spiro atoms. The van der Waals surface area contributed by atoms with Gasteiger partial charge in [-0.05, 0) is 80.8 Å². The van der Waals surface area contributed by atoms with Crippen LogP contribution in [0.5, 0.6) is 0 Å². The second kappa shape index (κ2) is 11.8. The quantitative estimate of drug-likeness (QED) is 0.392. The standard InChI is InChI=1S/C34H43N3O/c1-25-9-8-12-33(27(25)3)34(38)35-19-17-32(18-20-35)36-21-22-37(26(2)24-36)28(4)31-15-13-30(14-16-31)23-29-10-6-5-7-11-29/h5-16,26,28,32H,17-24H2,1-4H3/t26-,28+/m1/s1. The first-order valence-electron chi connectivity index (χ1n) is 14.4. The molecule has 3 aromatic carbocycles. The number of aryl methyl sites for hydroxylation is 1. The van der Waals surface area contributed by atoms with Crippen LogP contribution in [0.15, 0.2) is 72.8 Å². The molecule has 0 radical (unpaired) electrons. The van der Waals surface area contributed by atoms with Gasteiger partial charge in [0.15, 0.2) is 0 Å². The molecule has 38 heavy (non-hydrogen) atoms. The molecule has 4 nitrogen and oxygen atoms in total. The summed E-state index contributed by atoms with van der Waals surface area (Å²) in [6, 6.07) is 27.5. The molecule has 4 heteroatoms. The highest BCUT2D eigenvalue weighted by Gasteiger charge is 2.33. The van der Waals surface area contributed by atoms with Crippen LogP contribution in [0.25, 0.3) is 0 Å². The predicted octanol–water partition coefficient (Wildman–Crippen LogP) is 6.27. The average molecular weight is 510 g/mol. The van der Waals surface area contributed by atoms with Gasteiger partial charge in [0.2, 0.25) is 0 Å². The number of hydrogen-bond acceptors (Lipinski definition) is 3. The molecule has 1 amide bonds. The van der Waals surface area contributed by atoms with E-state index in [0.29, 0.717) is 18.1 Å². The third kappa shape index (κ3) is 5.87. The number of hydrogen-bond donors (Lipinski definition) is 0. The van der Waals surface area contributed by atoms with Crippen molar-refractivity contribution in [3.8, 4) is 0 Å². The zero-order chi connectivity index (χ0) is 26.6. The van der Waals surface area contributed by atoms with Gasteiger partial charge in [-0.15, -0.1) is 0 Å². The number of carbonyl (C=O) groups excluding carboxylic acids is 1. The van der Waals surface area contributed by atoms with Gasteiger partial charge in [0, 0.05) is 56.4 Å². The zero-order valence-electron chi connectivity index (χ0n) is 23.6. The first kappa shape index (κ1) is 26.6. The summed E-state index contributed by atoms with van der Waals surface area (Å²) >= 11 is 0. The van der Waals surface area contributed by atoms with Crippen molar-refractivity contribution in [2.75, 3.05) is 32.7 Å². The van der Waals surface area contributed by atoms with Gasteiger partial charge in [0.25, 0.3) is 5.91 Å². The fraction of sp³-hybridized carbons (Fsp3) is 0.441. The van der Waals surface area contributed by atoms with E-state index in [0.717, 1.165) is 63.1 Å². The Kier molecular flexibility index (Phi) is 8.30. The minimum atomic E-state index is 0.200. The predicted molar refractivity (Wildman–Crippen MR) is 157 cm³/mol. The van der Waals surface area contributed by atoms with Gasteiger partial charge in [-0.1, -0.05) is 66.7 Å². The smallest absolute Gasteiger partial charge is 0.254 e. The van der Waals surface area contributed by atoms with Crippen molar-refractivity contribution in [1.82, 2.24) is 14.7 Å². The lowest BCUT2D eigenvalue weighted by Gasteiger charge is -2.47. The SMILES string of the molecule is Cc1cccc(C(=O)N2CCC(N3CCN([C@@H](C)c4ccc(Cc5ccccc5)cc4)[C@H](C)C3)CC2)c1C. The van der Waals surface area contributed by atoms with Crippen LogP contribution in [0.4, 0.5) is 0 Å². The number of piperazine rings is 1. The molecule has 2 aliphatic heterocycles. The second-order valence-corrected chi connectivity index (χ2v) is 11.4. The van der Waals surface area contributed by atoms with E-state index in [-0.39, 0.29) is 5.91 Å². The fourth-order valence-electron chi connectivity index (χ4n) is 6.43. The van der Waals surface area contributed by atoms with Crippen molar-refractivity contribution < 1.29 is 4.79 Å². The van der Waals surface area contributed by atoms with E-state index < -0.39 is 0 Å². The molecule has 2 atom stereocenters. The topological polar surface area (TPSA) is 26.8 Å². The number of likely N-dealkylation sites (tertiary alicyclic amines) is 1. The van der Waals surface area contributed by atoms with Gasteiger partial charge in [0.05, 0.1) is 0 Å². The number of nitrogens with zero attached hydrogens (tertiary/aromatic N) is 3. The largest absolute Gasteiger partial charge is 0.339 e. The van der Waals surface area contributed by atoms with Crippen LogP contribution < -0.4 is 0 Å². The first-order chi connectivity index (χ1) is 18.4. The fourth-order valence-corrected chi connectivity index (χ4v) is 6.43. The summed E-state index contributed by atoms with van der Waals surface area (Å²) in [5, 5.41) is 0. The lowest BCUT2D eigenvalue weighted by atomic mass is 9.97. The van der Waals surface area contributed by atoms with E-state index in [1.54, 1.807) is 0 Å². The Balaban J connectivity index is 1.13. The maximum absolute atomic E-state index is 13.2. The monoisotopic (exact) mass is 509 g/mol. The molecule has 0 unspecified atom stereocenters. The highest BCUT2D eigenvalue weighted by Crippen LogP contribution is 2.28. The summed E-state index contributed by atoms with van der Waals surface area (Å²) in [4.78, 5) is 20.6. The number of amides is 1. The minimum absolute atomic E-state index is 0.200. The van der Waals surface area contributed by atoms with Crippen LogP contribution in [0.3, 0.4) is 0 Å². The van der Waals surface area contributed by atoms with Crippen LogP contribution in [0.2, 0.25) is 0 Å². The van der Waals surface area contributed by atoms with Gasteiger partial charge in [-0.25, -0.2) is 0 Å². The van der Waals surface area contributed by atoms with Gasteiger partial charge in [0.1, 0.15) is 0 Å². The Morgan fingerprint density at radius 2 is 1.53 bits per heavy atom. The molecule has 0 bridgehead atoms. The van der Waals surface area contributed by atoms with E-state index in [1.807, 2.05) is 12.1 Å². The molecule has 0 N–H and O–H groups in total. The van der Waals surface area contributed by atoms with Gasteiger partial charge < -0.3 is 4.90 Å². The van der Waals surface area contributed by atoms with Crippen molar-refractivity contribution in [3.05, 3.63) is 106 Å². The molecule has 200 valence electrons. The molecule has 0 aliphatic carbocycles. The summed E-state index contributed by atoms with van der Waals surface area (Å²) in [6.45, 7) is 13.9. The molecule has 2 aliphatic rings. The molecular weight excluding hydrogens is 466 g/mol. The number of carbonyl (C=O) groups is 1. The molecule has 5 rings (SSSR count). The van der Waals surface area contributed by atoms with E-state index >= 15 is 0 Å². The average Bonchev–Trinajstić information content (AvgIpc) is 2.95.